The van der Waals surface area contributed by atoms with Crippen molar-refractivity contribution in [1.82, 2.24) is 5.32 Å². The van der Waals surface area contributed by atoms with E-state index in [4.69, 9.17) is 0 Å². The Morgan fingerprint density at radius 2 is 2.24 bits per heavy atom. The van der Waals surface area contributed by atoms with Crippen molar-refractivity contribution in [2.45, 2.75) is 36.5 Å². The molecule has 6 heteroatoms. The summed E-state index contributed by atoms with van der Waals surface area (Å²) in [6.07, 6.45) is 5.42. The van der Waals surface area contributed by atoms with Crippen LogP contribution in [-0.4, -0.2) is 55.7 Å². The second kappa shape index (κ2) is 6.41. The van der Waals surface area contributed by atoms with Gasteiger partial charge >= 0.3 is 0 Å². The maximum atomic E-state index is 11.0. The molecule has 0 aromatic rings. The molecule has 4 nitrogen and oxygen atoms in total. The third-order valence-electron chi connectivity index (χ3n) is 3.44. The van der Waals surface area contributed by atoms with Crippen LogP contribution in [0.15, 0.2) is 0 Å². The topological polar surface area (TPSA) is 66.4 Å². The summed E-state index contributed by atoms with van der Waals surface area (Å²) >= 11 is 1.73. The van der Waals surface area contributed by atoms with E-state index in [2.05, 4.69) is 5.32 Å². The predicted molar refractivity (Wildman–Crippen MR) is 73.3 cm³/mol. The highest BCUT2D eigenvalue weighted by Gasteiger charge is 2.34. The first-order valence-electron chi connectivity index (χ1n) is 6.00. The van der Waals surface area contributed by atoms with E-state index in [9.17, 15) is 13.5 Å². The van der Waals surface area contributed by atoms with E-state index < -0.39 is 9.84 Å². The number of hydrogen-bond donors (Lipinski definition) is 2. The molecule has 1 rings (SSSR count). The first-order chi connectivity index (χ1) is 7.91. The summed E-state index contributed by atoms with van der Waals surface area (Å²) in [5.74, 6) is 0.911. The third kappa shape index (κ3) is 5.16. The minimum absolute atomic E-state index is 0.152. The number of aliphatic hydroxyl groups is 1. The van der Waals surface area contributed by atoms with Crippen LogP contribution in [0.1, 0.15) is 25.7 Å². The molecule has 2 atom stereocenters. The average Bonchev–Trinajstić information content (AvgIpc) is 2.27. The molecule has 1 fully saturated rings. The molecule has 0 aromatic carbocycles. The Balaban J connectivity index is 2.40. The van der Waals surface area contributed by atoms with Crippen LogP contribution in [-0.2, 0) is 9.84 Å². The molecule has 0 spiro atoms. The van der Waals surface area contributed by atoms with Gasteiger partial charge in [0, 0.05) is 22.8 Å². The maximum Gasteiger partial charge on any atom is 0.148 e. The molecule has 17 heavy (non-hydrogen) atoms. The van der Waals surface area contributed by atoms with E-state index in [0.29, 0.717) is 11.0 Å². The fourth-order valence-electron chi connectivity index (χ4n) is 2.27. The maximum absolute atomic E-state index is 11.0. The molecule has 0 saturated heterocycles. The number of aliphatic hydroxyl groups excluding tert-OH is 1. The minimum Gasteiger partial charge on any atom is -0.394 e. The highest BCUT2D eigenvalue weighted by atomic mass is 32.2. The Morgan fingerprint density at radius 3 is 2.76 bits per heavy atom. The van der Waals surface area contributed by atoms with Crippen molar-refractivity contribution in [3.8, 4) is 0 Å². The first-order valence-corrected chi connectivity index (χ1v) is 9.11. The van der Waals surface area contributed by atoms with Crippen molar-refractivity contribution in [3.05, 3.63) is 0 Å². The Labute approximate surface area is 108 Å². The van der Waals surface area contributed by atoms with Crippen molar-refractivity contribution in [1.29, 1.82) is 0 Å². The number of sulfone groups is 1. The summed E-state index contributed by atoms with van der Waals surface area (Å²) in [7, 11) is -0.962. The lowest BCUT2D eigenvalue weighted by molar-refractivity contribution is 0.131. The van der Waals surface area contributed by atoms with E-state index in [1.807, 2.05) is 7.05 Å². The minimum atomic E-state index is -2.85. The van der Waals surface area contributed by atoms with E-state index in [0.717, 1.165) is 25.7 Å². The molecule has 1 aliphatic carbocycles. The number of rotatable bonds is 6. The molecule has 0 aliphatic heterocycles. The monoisotopic (exact) mass is 281 g/mol. The van der Waals surface area contributed by atoms with Crippen LogP contribution in [0.3, 0.4) is 0 Å². The fourth-order valence-corrected chi connectivity index (χ4v) is 4.97. The van der Waals surface area contributed by atoms with E-state index in [1.165, 1.54) is 6.26 Å². The van der Waals surface area contributed by atoms with Crippen LogP contribution in [0.25, 0.3) is 0 Å². The van der Waals surface area contributed by atoms with E-state index >= 15 is 0 Å². The smallest absolute Gasteiger partial charge is 0.148 e. The number of hydrogen-bond acceptors (Lipinski definition) is 5. The van der Waals surface area contributed by atoms with Crippen LogP contribution in [0.4, 0.5) is 0 Å². The molecule has 102 valence electrons. The van der Waals surface area contributed by atoms with Gasteiger partial charge in [-0.1, -0.05) is 6.42 Å². The Hall–Kier alpha value is 0.220. The third-order valence-corrected chi connectivity index (χ3v) is 5.96. The zero-order chi connectivity index (χ0) is 12.9. The molecule has 2 unspecified atom stereocenters. The molecule has 1 aliphatic rings. The number of thioether (sulfide) groups is 1. The van der Waals surface area contributed by atoms with Crippen molar-refractivity contribution >= 4 is 21.6 Å². The van der Waals surface area contributed by atoms with Crippen molar-refractivity contribution < 1.29 is 13.5 Å². The lowest BCUT2D eigenvalue weighted by Crippen LogP contribution is -2.50. The highest BCUT2D eigenvalue weighted by molar-refractivity contribution is 8.01. The molecular formula is C11H23NO3S2. The Kier molecular flexibility index (Phi) is 5.76. The zero-order valence-electron chi connectivity index (χ0n) is 10.6. The molecule has 0 heterocycles. The lowest BCUT2D eigenvalue weighted by Gasteiger charge is -2.39. The zero-order valence-corrected chi connectivity index (χ0v) is 12.2. The summed E-state index contributed by atoms with van der Waals surface area (Å²) in [5.41, 5.74) is -0.152. The molecule has 0 amide bonds. The summed E-state index contributed by atoms with van der Waals surface area (Å²) in [6.45, 7) is 0.159. The normalized spacial score (nSPS) is 30.4. The van der Waals surface area contributed by atoms with Crippen molar-refractivity contribution in [2.75, 3.05) is 31.4 Å². The number of likely N-dealkylation sites (N-methyl/N-ethyl adjacent to an activating group) is 1. The standard InChI is InChI=1S/C11H23NO3S2/c1-12-11(9-13)5-3-4-10(8-11)16-6-7-17(2,14)15/h10,12-13H,3-9H2,1-2H3. The molecule has 1 saturated carbocycles. The van der Waals surface area contributed by atoms with Gasteiger partial charge in [-0.25, -0.2) is 8.42 Å². The van der Waals surface area contributed by atoms with Gasteiger partial charge < -0.3 is 10.4 Å². The molecule has 0 aromatic heterocycles. The van der Waals surface area contributed by atoms with Gasteiger partial charge in [0.2, 0.25) is 0 Å². The lowest BCUT2D eigenvalue weighted by atomic mass is 9.82. The highest BCUT2D eigenvalue weighted by Crippen LogP contribution is 2.34. The van der Waals surface area contributed by atoms with Gasteiger partial charge in [-0.05, 0) is 26.3 Å². The van der Waals surface area contributed by atoms with Gasteiger partial charge in [-0.3, -0.25) is 0 Å². The Morgan fingerprint density at radius 1 is 1.53 bits per heavy atom. The van der Waals surface area contributed by atoms with Gasteiger partial charge in [-0.15, -0.1) is 0 Å². The SMILES string of the molecule is CNC1(CO)CCCC(SCCS(C)(=O)=O)C1. The molecular weight excluding hydrogens is 258 g/mol. The van der Waals surface area contributed by atoms with Crippen LogP contribution >= 0.6 is 11.8 Å². The number of nitrogens with one attached hydrogen (secondary N) is 1. The van der Waals surface area contributed by atoms with Crippen molar-refractivity contribution in [2.24, 2.45) is 0 Å². The second-order valence-corrected chi connectivity index (χ2v) is 8.58. The molecule has 2 N–H and O–H groups in total. The van der Waals surface area contributed by atoms with E-state index in [1.54, 1.807) is 11.8 Å². The quantitative estimate of drug-likeness (QED) is 0.748. The van der Waals surface area contributed by atoms with Crippen molar-refractivity contribution in [3.63, 3.8) is 0 Å². The predicted octanol–water partition coefficient (Wildman–Crippen LogP) is 0.657. The van der Waals surface area contributed by atoms with Gasteiger partial charge in [0.1, 0.15) is 9.84 Å². The molecule has 0 bridgehead atoms. The second-order valence-electron chi connectivity index (χ2n) is 4.91. The average molecular weight is 281 g/mol. The molecule has 0 radical (unpaired) electrons. The van der Waals surface area contributed by atoms with Crippen LogP contribution < -0.4 is 5.32 Å². The summed E-state index contributed by atoms with van der Waals surface area (Å²) in [5, 5.41) is 13.1. The summed E-state index contributed by atoms with van der Waals surface area (Å²) in [6, 6.07) is 0. The summed E-state index contributed by atoms with van der Waals surface area (Å²) in [4.78, 5) is 0. The van der Waals surface area contributed by atoms with Crippen LogP contribution in [0, 0.1) is 0 Å². The van der Waals surface area contributed by atoms with Gasteiger partial charge in [0.15, 0.2) is 0 Å². The Bertz CT molecular complexity index is 326. The van der Waals surface area contributed by atoms with Gasteiger partial charge in [0.25, 0.3) is 0 Å². The summed E-state index contributed by atoms with van der Waals surface area (Å²) < 4.78 is 22.1. The van der Waals surface area contributed by atoms with Crippen LogP contribution in [0.2, 0.25) is 0 Å². The first kappa shape index (κ1) is 15.3. The fraction of sp³-hybridized carbons (Fsp3) is 1.00. The van der Waals surface area contributed by atoms with Gasteiger partial charge in [-0.2, -0.15) is 11.8 Å². The van der Waals surface area contributed by atoms with Crippen LogP contribution in [0.5, 0.6) is 0 Å². The van der Waals surface area contributed by atoms with Gasteiger partial charge in [0.05, 0.1) is 12.4 Å². The van der Waals surface area contributed by atoms with E-state index in [-0.39, 0.29) is 17.9 Å². The largest absolute Gasteiger partial charge is 0.394 e.